The number of unbranched alkanes of at least 4 members (excludes halogenated alkanes) is 26. The molecule has 1 unspecified atom stereocenters. The average molecular weight is 705 g/mol. The van der Waals surface area contributed by atoms with Gasteiger partial charge in [-0.05, 0) is 44.4 Å². The standard InChI is InChI=1S/C47H92O3/c1-4-7-10-13-16-17-25-32-39-46(49)40-33-26-20-22-29-36-44(42-43-48)35-28-21-18-19-27-34-41-47(50)45(37-30-23-14-11-8-5-2)38-31-24-15-12-9-6-3/h44-45,48H,4-43H2,1-3H3. The van der Waals surface area contributed by atoms with Crippen molar-refractivity contribution in [3.05, 3.63) is 0 Å². The molecule has 0 fully saturated rings. The van der Waals surface area contributed by atoms with Crippen LogP contribution in [-0.4, -0.2) is 23.3 Å². The Morgan fingerprint density at radius 2 is 0.660 bits per heavy atom. The smallest absolute Gasteiger partial charge is 0.135 e. The van der Waals surface area contributed by atoms with Crippen molar-refractivity contribution in [2.45, 2.75) is 271 Å². The Labute approximate surface area is 315 Å². The molecule has 0 aliphatic rings. The van der Waals surface area contributed by atoms with Crippen molar-refractivity contribution in [1.29, 1.82) is 0 Å². The van der Waals surface area contributed by atoms with Crippen molar-refractivity contribution in [1.82, 2.24) is 0 Å². The minimum Gasteiger partial charge on any atom is -0.396 e. The molecule has 0 rings (SSSR count). The van der Waals surface area contributed by atoms with Crippen LogP contribution in [0.5, 0.6) is 0 Å². The van der Waals surface area contributed by atoms with Gasteiger partial charge in [0.1, 0.15) is 11.6 Å². The van der Waals surface area contributed by atoms with Gasteiger partial charge in [0.05, 0.1) is 0 Å². The lowest BCUT2D eigenvalue weighted by Crippen LogP contribution is -2.14. The van der Waals surface area contributed by atoms with Crippen molar-refractivity contribution in [2.24, 2.45) is 11.8 Å². The van der Waals surface area contributed by atoms with E-state index < -0.39 is 0 Å². The highest BCUT2D eigenvalue weighted by Crippen LogP contribution is 2.24. The lowest BCUT2D eigenvalue weighted by molar-refractivity contribution is -0.123. The van der Waals surface area contributed by atoms with E-state index in [1.165, 1.54) is 193 Å². The van der Waals surface area contributed by atoms with Gasteiger partial charge in [-0.25, -0.2) is 0 Å². The molecule has 0 aromatic heterocycles. The summed E-state index contributed by atoms with van der Waals surface area (Å²) in [4.78, 5) is 25.4. The predicted octanol–water partition coefficient (Wildman–Crippen LogP) is 15.6. The molecule has 3 nitrogen and oxygen atoms in total. The Morgan fingerprint density at radius 1 is 0.360 bits per heavy atom. The van der Waals surface area contributed by atoms with E-state index in [-0.39, 0.29) is 0 Å². The molecule has 0 saturated carbocycles. The lowest BCUT2D eigenvalue weighted by Gasteiger charge is -2.16. The molecule has 0 saturated heterocycles. The summed E-state index contributed by atoms with van der Waals surface area (Å²) in [6.07, 6.45) is 47.8. The van der Waals surface area contributed by atoms with Crippen molar-refractivity contribution >= 4 is 11.6 Å². The lowest BCUT2D eigenvalue weighted by atomic mass is 9.88. The summed E-state index contributed by atoms with van der Waals surface area (Å²) in [5.41, 5.74) is 0. The van der Waals surface area contributed by atoms with E-state index in [1.807, 2.05) is 0 Å². The van der Waals surface area contributed by atoms with Gasteiger partial charge in [0.2, 0.25) is 0 Å². The highest BCUT2D eigenvalue weighted by Gasteiger charge is 2.17. The molecule has 0 aliphatic carbocycles. The molecule has 1 N–H and O–H groups in total. The van der Waals surface area contributed by atoms with Crippen molar-refractivity contribution in [2.75, 3.05) is 6.61 Å². The minimum atomic E-state index is 0.318. The van der Waals surface area contributed by atoms with E-state index in [1.54, 1.807) is 0 Å². The zero-order valence-electron chi connectivity index (χ0n) is 34.7. The van der Waals surface area contributed by atoms with Crippen LogP contribution in [0.3, 0.4) is 0 Å². The number of aliphatic hydroxyl groups is 1. The first-order valence-electron chi connectivity index (χ1n) is 23.2. The average Bonchev–Trinajstić information content (AvgIpc) is 3.11. The van der Waals surface area contributed by atoms with Crippen LogP contribution in [0.4, 0.5) is 0 Å². The van der Waals surface area contributed by atoms with Gasteiger partial charge in [-0.2, -0.15) is 0 Å². The van der Waals surface area contributed by atoms with Crippen LogP contribution in [0, 0.1) is 11.8 Å². The molecule has 298 valence electrons. The van der Waals surface area contributed by atoms with Crippen LogP contribution >= 0.6 is 0 Å². The molecule has 0 aromatic carbocycles. The zero-order chi connectivity index (χ0) is 36.6. The monoisotopic (exact) mass is 705 g/mol. The third kappa shape index (κ3) is 35.7. The molecule has 0 aliphatic heterocycles. The van der Waals surface area contributed by atoms with E-state index in [0.29, 0.717) is 30.0 Å². The van der Waals surface area contributed by atoms with Crippen LogP contribution < -0.4 is 0 Å². The fraction of sp³-hybridized carbons (Fsp3) is 0.957. The number of ketones is 2. The van der Waals surface area contributed by atoms with E-state index in [2.05, 4.69) is 20.8 Å². The van der Waals surface area contributed by atoms with Gasteiger partial charge in [-0.15, -0.1) is 0 Å². The number of hydrogen-bond acceptors (Lipinski definition) is 3. The van der Waals surface area contributed by atoms with E-state index in [0.717, 1.165) is 57.8 Å². The van der Waals surface area contributed by atoms with Crippen LogP contribution in [0.2, 0.25) is 0 Å². The van der Waals surface area contributed by atoms with Crippen LogP contribution in [0.1, 0.15) is 271 Å². The molecule has 0 radical (unpaired) electrons. The van der Waals surface area contributed by atoms with Crippen molar-refractivity contribution in [3.63, 3.8) is 0 Å². The van der Waals surface area contributed by atoms with Crippen LogP contribution in [-0.2, 0) is 9.59 Å². The van der Waals surface area contributed by atoms with Crippen LogP contribution in [0.25, 0.3) is 0 Å². The van der Waals surface area contributed by atoms with Gasteiger partial charge in [-0.1, -0.05) is 213 Å². The van der Waals surface area contributed by atoms with E-state index in [9.17, 15) is 14.7 Å². The molecule has 0 amide bonds. The molecule has 3 heteroatoms. The Hall–Kier alpha value is -0.700. The summed E-state index contributed by atoms with van der Waals surface area (Å²) in [6.45, 7) is 7.14. The molecule has 0 heterocycles. The SMILES string of the molecule is CCCCCCCCCCC(=O)CCCCCCCC(CCO)CCCCCCCCC(=O)C(CCCCCCCC)CCCCCCCC. The fourth-order valence-electron chi connectivity index (χ4n) is 7.93. The quantitative estimate of drug-likeness (QED) is 0.0643. The number of carbonyl (C=O) groups is 2. The minimum absolute atomic E-state index is 0.318. The summed E-state index contributed by atoms with van der Waals surface area (Å²) >= 11 is 0. The Morgan fingerprint density at radius 3 is 1.02 bits per heavy atom. The zero-order valence-corrected chi connectivity index (χ0v) is 34.7. The molecule has 0 bridgehead atoms. The highest BCUT2D eigenvalue weighted by atomic mass is 16.3. The second-order valence-corrected chi connectivity index (χ2v) is 16.4. The van der Waals surface area contributed by atoms with Gasteiger partial charge in [0.25, 0.3) is 0 Å². The van der Waals surface area contributed by atoms with E-state index >= 15 is 0 Å². The topological polar surface area (TPSA) is 54.4 Å². The molecule has 50 heavy (non-hydrogen) atoms. The van der Waals surface area contributed by atoms with E-state index in [4.69, 9.17) is 0 Å². The Bertz CT molecular complexity index is 672. The molecular formula is C47H92O3. The van der Waals surface area contributed by atoms with Gasteiger partial charge in [0, 0.05) is 31.8 Å². The number of carbonyl (C=O) groups excluding carboxylic acids is 2. The maximum atomic E-state index is 13.2. The number of hydrogen-bond donors (Lipinski definition) is 1. The first-order valence-corrected chi connectivity index (χ1v) is 23.2. The Balaban J connectivity index is 3.94. The Kier molecular flexibility index (Phi) is 40.5. The largest absolute Gasteiger partial charge is 0.396 e. The first-order chi connectivity index (χ1) is 24.6. The molecule has 0 aromatic rings. The fourth-order valence-corrected chi connectivity index (χ4v) is 7.93. The molecular weight excluding hydrogens is 613 g/mol. The summed E-state index contributed by atoms with van der Waals surface area (Å²) in [6, 6.07) is 0. The summed E-state index contributed by atoms with van der Waals surface area (Å²) in [7, 11) is 0. The predicted molar refractivity (Wildman–Crippen MR) is 221 cm³/mol. The number of aliphatic hydroxyl groups excluding tert-OH is 1. The van der Waals surface area contributed by atoms with Crippen molar-refractivity contribution in [3.8, 4) is 0 Å². The summed E-state index contributed by atoms with van der Waals surface area (Å²) in [5.74, 6) is 2.05. The van der Waals surface area contributed by atoms with Gasteiger partial charge < -0.3 is 5.11 Å². The molecule has 0 spiro atoms. The maximum absolute atomic E-state index is 13.2. The highest BCUT2D eigenvalue weighted by molar-refractivity contribution is 5.80. The maximum Gasteiger partial charge on any atom is 0.135 e. The first kappa shape index (κ1) is 49.3. The number of rotatable bonds is 43. The third-order valence-corrected chi connectivity index (χ3v) is 11.5. The van der Waals surface area contributed by atoms with Gasteiger partial charge in [0.15, 0.2) is 0 Å². The third-order valence-electron chi connectivity index (χ3n) is 11.5. The summed E-state index contributed by atoms with van der Waals surface area (Å²) < 4.78 is 0. The van der Waals surface area contributed by atoms with Gasteiger partial charge >= 0.3 is 0 Å². The second-order valence-electron chi connectivity index (χ2n) is 16.4. The van der Waals surface area contributed by atoms with Gasteiger partial charge in [-0.3, -0.25) is 9.59 Å². The number of Topliss-reactive ketones (excluding diaryl/α,β-unsaturated/α-hetero) is 2. The van der Waals surface area contributed by atoms with Crippen LogP contribution in [0.15, 0.2) is 0 Å². The molecule has 1 atom stereocenters. The normalized spacial score (nSPS) is 12.3. The summed E-state index contributed by atoms with van der Waals surface area (Å²) in [5, 5.41) is 9.60. The second kappa shape index (κ2) is 41.1. The van der Waals surface area contributed by atoms with Crippen molar-refractivity contribution < 1.29 is 14.7 Å².